The highest BCUT2D eigenvalue weighted by atomic mass is 16.5. The molecule has 0 bridgehead atoms. The lowest BCUT2D eigenvalue weighted by molar-refractivity contribution is 0.153. The average molecular weight is 283 g/mol. The second-order valence-corrected chi connectivity index (χ2v) is 5.51. The molecule has 1 N–H and O–H groups in total. The molecule has 0 amide bonds. The van der Waals surface area contributed by atoms with Gasteiger partial charge >= 0.3 is 0 Å². The predicted octanol–water partition coefficient (Wildman–Crippen LogP) is 3.44. The molecule has 1 atom stereocenters. The number of likely N-dealkylation sites (tertiary alicyclic amines) is 1. The van der Waals surface area contributed by atoms with E-state index in [-0.39, 0.29) is 6.61 Å². The summed E-state index contributed by atoms with van der Waals surface area (Å²) >= 11 is 0. The van der Waals surface area contributed by atoms with Crippen LogP contribution in [0.2, 0.25) is 0 Å². The van der Waals surface area contributed by atoms with Crippen LogP contribution in [0.3, 0.4) is 0 Å². The van der Waals surface area contributed by atoms with Gasteiger partial charge in [-0.15, -0.1) is 0 Å². The molecule has 1 fully saturated rings. The van der Waals surface area contributed by atoms with Crippen molar-refractivity contribution in [2.24, 2.45) is 0 Å². The first-order valence-corrected chi connectivity index (χ1v) is 7.52. The maximum atomic E-state index is 9.40. The lowest BCUT2D eigenvalue weighted by Gasteiger charge is -2.22. The third kappa shape index (κ3) is 3.63. The van der Waals surface area contributed by atoms with Gasteiger partial charge in [-0.3, -0.25) is 4.90 Å². The van der Waals surface area contributed by atoms with Crippen LogP contribution in [0, 0.1) is 0 Å². The first-order chi connectivity index (χ1) is 10.3. The predicted molar refractivity (Wildman–Crippen MR) is 83.5 cm³/mol. The van der Waals surface area contributed by atoms with Gasteiger partial charge in [0, 0.05) is 12.6 Å². The molecule has 2 aromatic rings. The summed E-state index contributed by atoms with van der Waals surface area (Å²) in [5.41, 5.74) is 1.23. The van der Waals surface area contributed by atoms with Crippen molar-refractivity contribution in [2.45, 2.75) is 25.4 Å². The minimum Gasteiger partial charge on any atom is -0.457 e. The van der Waals surface area contributed by atoms with E-state index in [0.717, 1.165) is 31.0 Å². The van der Waals surface area contributed by atoms with Gasteiger partial charge in [0.25, 0.3) is 0 Å². The van der Waals surface area contributed by atoms with E-state index in [1.54, 1.807) is 0 Å². The van der Waals surface area contributed by atoms with Crippen molar-refractivity contribution in [1.82, 2.24) is 4.90 Å². The Balaban J connectivity index is 1.68. The summed E-state index contributed by atoms with van der Waals surface area (Å²) in [5, 5.41) is 9.40. The molecule has 3 rings (SSSR count). The maximum Gasteiger partial charge on any atom is 0.127 e. The molecular weight excluding hydrogens is 262 g/mol. The van der Waals surface area contributed by atoms with Crippen molar-refractivity contribution >= 4 is 0 Å². The topological polar surface area (TPSA) is 32.7 Å². The zero-order valence-corrected chi connectivity index (χ0v) is 12.1. The summed E-state index contributed by atoms with van der Waals surface area (Å²) in [5.74, 6) is 1.71. The Morgan fingerprint density at radius 2 is 1.86 bits per heavy atom. The minimum atomic E-state index is 0.250. The molecular formula is C18H21NO2. The molecule has 21 heavy (non-hydrogen) atoms. The van der Waals surface area contributed by atoms with Crippen molar-refractivity contribution in [2.75, 3.05) is 13.2 Å². The Morgan fingerprint density at radius 3 is 2.67 bits per heavy atom. The quantitative estimate of drug-likeness (QED) is 0.912. The fourth-order valence-corrected chi connectivity index (χ4v) is 2.88. The smallest absolute Gasteiger partial charge is 0.127 e. The Bertz CT molecular complexity index is 570. The van der Waals surface area contributed by atoms with Gasteiger partial charge in [0.05, 0.1) is 6.61 Å². The first-order valence-electron chi connectivity index (χ1n) is 7.52. The Hall–Kier alpha value is -1.84. The molecule has 2 aromatic carbocycles. The third-order valence-corrected chi connectivity index (χ3v) is 3.97. The van der Waals surface area contributed by atoms with E-state index < -0.39 is 0 Å². The van der Waals surface area contributed by atoms with Gasteiger partial charge in [0.15, 0.2) is 0 Å². The average Bonchev–Trinajstić information content (AvgIpc) is 2.96. The maximum absolute atomic E-state index is 9.40. The molecule has 3 heteroatoms. The summed E-state index contributed by atoms with van der Waals surface area (Å²) < 4.78 is 5.87. The molecule has 0 aromatic heterocycles. The number of benzene rings is 2. The summed E-state index contributed by atoms with van der Waals surface area (Å²) in [7, 11) is 0. The van der Waals surface area contributed by atoms with E-state index in [1.807, 2.05) is 42.5 Å². The van der Waals surface area contributed by atoms with Gasteiger partial charge in [-0.1, -0.05) is 30.3 Å². The van der Waals surface area contributed by atoms with Crippen LogP contribution in [0.4, 0.5) is 0 Å². The fourth-order valence-electron chi connectivity index (χ4n) is 2.88. The summed E-state index contributed by atoms with van der Waals surface area (Å²) in [4.78, 5) is 2.35. The molecule has 1 unspecified atom stereocenters. The largest absolute Gasteiger partial charge is 0.457 e. The van der Waals surface area contributed by atoms with Crippen LogP contribution in [0.5, 0.6) is 11.5 Å². The lowest BCUT2D eigenvalue weighted by atomic mass is 10.2. The van der Waals surface area contributed by atoms with Gasteiger partial charge in [-0.2, -0.15) is 0 Å². The molecule has 0 aliphatic carbocycles. The van der Waals surface area contributed by atoms with E-state index in [9.17, 15) is 5.11 Å². The molecule has 3 nitrogen and oxygen atoms in total. The Morgan fingerprint density at radius 1 is 1.05 bits per heavy atom. The Labute approximate surface area is 125 Å². The highest BCUT2D eigenvalue weighted by molar-refractivity contribution is 5.33. The van der Waals surface area contributed by atoms with E-state index in [2.05, 4.69) is 17.0 Å². The number of para-hydroxylation sites is 1. The van der Waals surface area contributed by atoms with Crippen LogP contribution in [0.1, 0.15) is 18.4 Å². The molecule has 0 saturated carbocycles. The summed E-state index contributed by atoms with van der Waals surface area (Å²) in [6, 6.07) is 18.3. The summed E-state index contributed by atoms with van der Waals surface area (Å²) in [6.07, 6.45) is 2.27. The number of ether oxygens (including phenoxy) is 1. The highest BCUT2D eigenvalue weighted by Crippen LogP contribution is 2.24. The molecule has 0 radical (unpaired) electrons. The van der Waals surface area contributed by atoms with Gasteiger partial charge in [0.2, 0.25) is 0 Å². The SMILES string of the molecule is OCC1CCCN1Cc1cccc(Oc2ccccc2)c1. The standard InChI is InChI=1S/C18H21NO2/c20-14-16-7-5-11-19(16)13-15-6-4-10-18(12-15)21-17-8-2-1-3-9-17/h1-4,6,8-10,12,16,20H,5,7,11,13-14H2. The van der Waals surface area contributed by atoms with Crippen molar-refractivity contribution < 1.29 is 9.84 Å². The second-order valence-electron chi connectivity index (χ2n) is 5.51. The van der Waals surface area contributed by atoms with Crippen LogP contribution in [0.25, 0.3) is 0 Å². The van der Waals surface area contributed by atoms with Gasteiger partial charge in [-0.05, 0) is 49.2 Å². The number of hydrogen-bond donors (Lipinski definition) is 1. The minimum absolute atomic E-state index is 0.250. The molecule has 1 aliphatic rings. The molecule has 0 spiro atoms. The Kier molecular flexibility index (Phi) is 4.53. The molecule has 110 valence electrons. The zero-order valence-electron chi connectivity index (χ0n) is 12.1. The van der Waals surface area contributed by atoms with Crippen molar-refractivity contribution in [3.63, 3.8) is 0 Å². The van der Waals surface area contributed by atoms with E-state index in [4.69, 9.17) is 4.74 Å². The molecule has 1 heterocycles. The fraction of sp³-hybridized carbons (Fsp3) is 0.333. The monoisotopic (exact) mass is 283 g/mol. The molecule has 1 aliphatic heterocycles. The van der Waals surface area contributed by atoms with Gasteiger partial charge < -0.3 is 9.84 Å². The number of rotatable bonds is 5. The number of aliphatic hydroxyl groups excluding tert-OH is 1. The van der Waals surface area contributed by atoms with E-state index in [0.29, 0.717) is 6.04 Å². The van der Waals surface area contributed by atoms with Crippen LogP contribution < -0.4 is 4.74 Å². The molecule has 1 saturated heterocycles. The van der Waals surface area contributed by atoms with E-state index in [1.165, 1.54) is 12.0 Å². The third-order valence-electron chi connectivity index (χ3n) is 3.97. The second kappa shape index (κ2) is 6.74. The number of nitrogens with zero attached hydrogens (tertiary/aromatic N) is 1. The van der Waals surface area contributed by atoms with Crippen LogP contribution in [0.15, 0.2) is 54.6 Å². The van der Waals surface area contributed by atoms with Gasteiger partial charge in [0.1, 0.15) is 11.5 Å². The van der Waals surface area contributed by atoms with Crippen molar-refractivity contribution in [3.05, 3.63) is 60.2 Å². The summed E-state index contributed by atoms with van der Waals surface area (Å²) in [6.45, 7) is 2.19. The lowest BCUT2D eigenvalue weighted by Crippen LogP contribution is -2.31. The van der Waals surface area contributed by atoms with E-state index >= 15 is 0 Å². The van der Waals surface area contributed by atoms with Crippen molar-refractivity contribution in [3.8, 4) is 11.5 Å². The highest BCUT2D eigenvalue weighted by Gasteiger charge is 2.23. The van der Waals surface area contributed by atoms with Gasteiger partial charge in [-0.25, -0.2) is 0 Å². The van der Waals surface area contributed by atoms with Crippen molar-refractivity contribution in [1.29, 1.82) is 0 Å². The zero-order chi connectivity index (χ0) is 14.5. The van der Waals surface area contributed by atoms with Crippen LogP contribution >= 0.6 is 0 Å². The van der Waals surface area contributed by atoms with Crippen LogP contribution in [-0.2, 0) is 6.54 Å². The number of hydrogen-bond acceptors (Lipinski definition) is 3. The van der Waals surface area contributed by atoms with Crippen LogP contribution in [-0.4, -0.2) is 29.2 Å². The first kappa shape index (κ1) is 14.1. The number of aliphatic hydroxyl groups is 1. The normalized spacial score (nSPS) is 18.8.